The average molecular weight is 375 g/mol. The van der Waals surface area contributed by atoms with Gasteiger partial charge in [-0.1, -0.05) is 12.1 Å². The number of hydrogen-bond donors (Lipinski definition) is 1. The number of benzene rings is 1. The van der Waals surface area contributed by atoms with E-state index in [1.54, 1.807) is 16.2 Å². The molecule has 2 aliphatic rings. The number of rotatable bonds is 4. The van der Waals surface area contributed by atoms with Gasteiger partial charge in [0.05, 0.1) is 13.0 Å². The van der Waals surface area contributed by atoms with E-state index in [9.17, 15) is 9.90 Å². The van der Waals surface area contributed by atoms with E-state index in [1.165, 1.54) is 0 Å². The Hall–Kier alpha value is -2.25. The highest BCUT2D eigenvalue weighted by molar-refractivity contribution is 7.10. The highest BCUT2D eigenvalue weighted by Gasteiger charge is 2.32. The number of fused-ring (bicyclic) bond motifs is 1. The monoisotopic (exact) mass is 375 g/mol. The molecule has 0 spiro atoms. The SMILES string of the molecule is O=C(Cc1cccs1)N1CC[C@@H](Oc2cccc3c2OCCO3)[C@H](O)C1. The fraction of sp³-hybridized carbons (Fsp3) is 0.421. The van der Waals surface area contributed by atoms with Crippen molar-refractivity contribution in [3.63, 3.8) is 0 Å². The van der Waals surface area contributed by atoms with Gasteiger partial charge in [-0.25, -0.2) is 0 Å². The highest BCUT2D eigenvalue weighted by Crippen LogP contribution is 2.40. The van der Waals surface area contributed by atoms with Gasteiger partial charge in [0.2, 0.25) is 11.7 Å². The zero-order valence-electron chi connectivity index (χ0n) is 14.3. The molecule has 2 aromatic rings. The molecule has 1 aromatic heterocycles. The standard InChI is InChI=1S/C19H21NO5S/c21-14-12-20(18(22)11-13-3-2-10-26-13)7-6-15(14)25-17-5-1-4-16-19(17)24-9-8-23-16/h1-5,10,14-15,21H,6-9,11-12H2/t14-,15-/m1/s1. The minimum atomic E-state index is -0.739. The summed E-state index contributed by atoms with van der Waals surface area (Å²) in [5.41, 5.74) is 0. The van der Waals surface area contributed by atoms with Crippen LogP contribution in [-0.4, -0.2) is 54.4 Å². The molecular weight excluding hydrogens is 354 g/mol. The third kappa shape index (κ3) is 3.64. The summed E-state index contributed by atoms with van der Waals surface area (Å²) in [5.74, 6) is 1.86. The maximum Gasteiger partial charge on any atom is 0.227 e. The smallest absolute Gasteiger partial charge is 0.227 e. The Bertz CT molecular complexity index is 763. The molecule has 2 aliphatic heterocycles. The molecular formula is C19H21NO5S. The van der Waals surface area contributed by atoms with Crippen LogP contribution in [0.2, 0.25) is 0 Å². The number of hydrogen-bond acceptors (Lipinski definition) is 6. The first-order valence-electron chi connectivity index (χ1n) is 8.74. The van der Waals surface area contributed by atoms with Gasteiger partial charge in [-0.2, -0.15) is 0 Å². The Labute approximate surface area is 155 Å². The molecule has 7 heteroatoms. The molecule has 1 fully saturated rings. The van der Waals surface area contributed by atoms with Gasteiger partial charge in [0, 0.05) is 17.8 Å². The van der Waals surface area contributed by atoms with Gasteiger partial charge in [0.1, 0.15) is 25.4 Å². The number of carbonyl (C=O) groups excluding carboxylic acids is 1. The van der Waals surface area contributed by atoms with Gasteiger partial charge in [0.25, 0.3) is 0 Å². The minimum Gasteiger partial charge on any atom is -0.486 e. The van der Waals surface area contributed by atoms with Crippen molar-refractivity contribution in [2.75, 3.05) is 26.3 Å². The molecule has 1 N–H and O–H groups in total. The van der Waals surface area contributed by atoms with Crippen molar-refractivity contribution in [1.29, 1.82) is 0 Å². The van der Waals surface area contributed by atoms with Crippen molar-refractivity contribution >= 4 is 17.2 Å². The molecule has 0 bridgehead atoms. The molecule has 1 amide bonds. The van der Waals surface area contributed by atoms with E-state index >= 15 is 0 Å². The zero-order chi connectivity index (χ0) is 17.9. The number of β-amino-alcohol motifs (C(OH)–C–C–N with tert-alkyl or cyclic N) is 1. The predicted molar refractivity (Wildman–Crippen MR) is 97.1 cm³/mol. The lowest BCUT2D eigenvalue weighted by Crippen LogP contribution is -2.51. The predicted octanol–water partition coefficient (Wildman–Crippen LogP) is 2.10. The number of likely N-dealkylation sites (tertiary alicyclic amines) is 1. The lowest BCUT2D eigenvalue weighted by Gasteiger charge is -2.36. The average Bonchev–Trinajstić information content (AvgIpc) is 3.16. The van der Waals surface area contributed by atoms with E-state index in [2.05, 4.69) is 0 Å². The van der Waals surface area contributed by atoms with E-state index in [0.29, 0.717) is 49.8 Å². The Kier molecular flexibility index (Phi) is 4.99. The third-order valence-corrected chi connectivity index (χ3v) is 5.46. The summed E-state index contributed by atoms with van der Waals surface area (Å²) in [6, 6.07) is 9.39. The Morgan fingerprint density at radius 3 is 2.96 bits per heavy atom. The molecule has 1 saturated heterocycles. The molecule has 6 nitrogen and oxygen atoms in total. The van der Waals surface area contributed by atoms with E-state index in [1.807, 2.05) is 35.7 Å². The molecule has 26 heavy (non-hydrogen) atoms. The molecule has 0 unspecified atom stereocenters. The second-order valence-electron chi connectivity index (χ2n) is 6.39. The molecule has 2 atom stereocenters. The van der Waals surface area contributed by atoms with Gasteiger partial charge in [-0.3, -0.25) is 4.79 Å². The van der Waals surface area contributed by atoms with Crippen LogP contribution in [0.1, 0.15) is 11.3 Å². The lowest BCUT2D eigenvalue weighted by molar-refractivity contribution is -0.136. The highest BCUT2D eigenvalue weighted by atomic mass is 32.1. The Balaban J connectivity index is 1.38. The summed E-state index contributed by atoms with van der Waals surface area (Å²) in [6.45, 7) is 1.84. The van der Waals surface area contributed by atoms with E-state index < -0.39 is 6.10 Å². The van der Waals surface area contributed by atoms with Gasteiger partial charge in [-0.05, 0) is 23.6 Å². The summed E-state index contributed by atoms with van der Waals surface area (Å²) in [5, 5.41) is 12.5. The number of thiophene rings is 1. The van der Waals surface area contributed by atoms with Crippen LogP contribution >= 0.6 is 11.3 Å². The summed E-state index contributed by atoms with van der Waals surface area (Å²) < 4.78 is 17.2. The van der Waals surface area contributed by atoms with Gasteiger partial charge in [-0.15, -0.1) is 11.3 Å². The van der Waals surface area contributed by atoms with E-state index in [-0.39, 0.29) is 18.6 Å². The van der Waals surface area contributed by atoms with Crippen LogP contribution in [0.4, 0.5) is 0 Å². The molecule has 138 valence electrons. The van der Waals surface area contributed by atoms with E-state index in [4.69, 9.17) is 14.2 Å². The number of ether oxygens (including phenoxy) is 3. The number of para-hydroxylation sites is 1. The Morgan fingerprint density at radius 1 is 1.27 bits per heavy atom. The zero-order valence-corrected chi connectivity index (χ0v) is 15.1. The van der Waals surface area contributed by atoms with Crippen LogP contribution in [0, 0.1) is 0 Å². The molecule has 3 heterocycles. The quantitative estimate of drug-likeness (QED) is 0.886. The van der Waals surface area contributed by atoms with Crippen LogP contribution < -0.4 is 14.2 Å². The van der Waals surface area contributed by atoms with Crippen LogP contribution in [0.3, 0.4) is 0 Å². The molecule has 0 aliphatic carbocycles. The number of amides is 1. The van der Waals surface area contributed by atoms with Gasteiger partial charge in [0.15, 0.2) is 11.5 Å². The lowest BCUT2D eigenvalue weighted by atomic mass is 10.0. The maximum atomic E-state index is 12.4. The largest absolute Gasteiger partial charge is 0.486 e. The first kappa shape index (κ1) is 17.2. The number of aliphatic hydroxyl groups excluding tert-OH is 1. The maximum absolute atomic E-state index is 12.4. The Morgan fingerprint density at radius 2 is 2.15 bits per heavy atom. The summed E-state index contributed by atoms with van der Waals surface area (Å²) in [6.07, 6.45) is -0.163. The first-order valence-corrected chi connectivity index (χ1v) is 9.62. The van der Waals surface area contributed by atoms with Crippen molar-refractivity contribution in [3.05, 3.63) is 40.6 Å². The summed E-state index contributed by atoms with van der Waals surface area (Å²) >= 11 is 1.57. The van der Waals surface area contributed by atoms with Gasteiger partial charge >= 0.3 is 0 Å². The third-order valence-electron chi connectivity index (χ3n) is 4.59. The van der Waals surface area contributed by atoms with Crippen molar-refractivity contribution < 1.29 is 24.1 Å². The van der Waals surface area contributed by atoms with E-state index in [0.717, 1.165) is 4.88 Å². The molecule has 0 saturated carbocycles. The van der Waals surface area contributed by atoms with Gasteiger partial charge < -0.3 is 24.2 Å². The summed E-state index contributed by atoms with van der Waals surface area (Å²) in [7, 11) is 0. The topological polar surface area (TPSA) is 68.2 Å². The van der Waals surface area contributed by atoms with Crippen LogP contribution in [0.5, 0.6) is 17.2 Å². The second-order valence-corrected chi connectivity index (χ2v) is 7.42. The van der Waals surface area contributed by atoms with Crippen molar-refractivity contribution in [2.45, 2.75) is 25.0 Å². The normalized spacial score (nSPS) is 22.1. The van der Waals surface area contributed by atoms with Crippen LogP contribution in [0.15, 0.2) is 35.7 Å². The van der Waals surface area contributed by atoms with Crippen molar-refractivity contribution in [1.82, 2.24) is 4.90 Å². The van der Waals surface area contributed by atoms with Crippen LogP contribution in [0.25, 0.3) is 0 Å². The van der Waals surface area contributed by atoms with Crippen molar-refractivity contribution in [3.8, 4) is 17.2 Å². The number of nitrogens with zero attached hydrogens (tertiary/aromatic N) is 1. The number of piperidine rings is 1. The fourth-order valence-corrected chi connectivity index (χ4v) is 3.95. The van der Waals surface area contributed by atoms with Crippen molar-refractivity contribution in [2.24, 2.45) is 0 Å². The van der Waals surface area contributed by atoms with Crippen LogP contribution in [-0.2, 0) is 11.2 Å². The molecule has 4 rings (SSSR count). The number of carbonyl (C=O) groups is 1. The second kappa shape index (κ2) is 7.55. The molecule has 0 radical (unpaired) electrons. The minimum absolute atomic E-state index is 0.0405. The number of aliphatic hydroxyl groups is 1. The first-order chi connectivity index (χ1) is 12.7. The fourth-order valence-electron chi connectivity index (χ4n) is 3.25. The summed E-state index contributed by atoms with van der Waals surface area (Å²) in [4.78, 5) is 15.2. The molecule has 1 aromatic carbocycles.